The van der Waals surface area contributed by atoms with Crippen molar-refractivity contribution in [1.82, 2.24) is 14.0 Å². The number of hydrogen-bond acceptors (Lipinski definition) is 4. The number of hydrogen-bond donors (Lipinski definition) is 0. The van der Waals surface area contributed by atoms with Gasteiger partial charge in [-0.3, -0.25) is 18.8 Å². The van der Waals surface area contributed by atoms with Crippen molar-refractivity contribution in [1.29, 1.82) is 0 Å². The van der Waals surface area contributed by atoms with Crippen LogP contribution in [0.4, 0.5) is 5.82 Å². The van der Waals surface area contributed by atoms with E-state index in [-0.39, 0.29) is 11.2 Å². The molecule has 0 saturated carbocycles. The molecule has 3 rings (SSSR count). The first kappa shape index (κ1) is 17.5. The van der Waals surface area contributed by atoms with Crippen molar-refractivity contribution in [2.75, 3.05) is 37.6 Å². The Kier molecular flexibility index (Phi) is 5.38. The molecule has 1 aromatic heterocycles. The van der Waals surface area contributed by atoms with Gasteiger partial charge >= 0.3 is 5.69 Å². The maximum absolute atomic E-state index is 12.1. The second kappa shape index (κ2) is 7.70. The van der Waals surface area contributed by atoms with Crippen LogP contribution in [0.1, 0.15) is 12.0 Å². The second-order valence-corrected chi connectivity index (χ2v) is 6.66. The van der Waals surface area contributed by atoms with Crippen molar-refractivity contribution in [3.8, 4) is 0 Å². The average Bonchev–Trinajstić information content (AvgIpc) is 2.64. The fourth-order valence-electron chi connectivity index (χ4n) is 3.38. The molecule has 6 heteroatoms. The molecule has 25 heavy (non-hydrogen) atoms. The van der Waals surface area contributed by atoms with E-state index in [1.807, 2.05) is 6.07 Å². The van der Waals surface area contributed by atoms with Crippen LogP contribution in [-0.2, 0) is 20.5 Å². The topological polar surface area (TPSA) is 50.5 Å². The molecule has 6 nitrogen and oxygen atoms in total. The minimum atomic E-state index is -0.271. The third-order valence-corrected chi connectivity index (χ3v) is 4.98. The zero-order valence-corrected chi connectivity index (χ0v) is 15.0. The number of benzene rings is 1. The largest absolute Gasteiger partial charge is 0.355 e. The van der Waals surface area contributed by atoms with Gasteiger partial charge in [-0.05, 0) is 24.9 Å². The summed E-state index contributed by atoms with van der Waals surface area (Å²) < 4.78 is 2.70. The standard InChI is InChI=1S/C19H26N4O2/c1-20-17(15-18(24)21(2)19(20)25)23-13-11-22(12-14-23)10-6-9-16-7-4-3-5-8-16/h3-5,7-8,15H,6,9-14H2,1-2H3. The molecule has 1 aromatic carbocycles. The lowest BCUT2D eigenvalue weighted by Crippen LogP contribution is -2.49. The van der Waals surface area contributed by atoms with E-state index in [4.69, 9.17) is 0 Å². The molecule has 0 atom stereocenters. The lowest BCUT2D eigenvalue weighted by atomic mass is 10.1. The lowest BCUT2D eigenvalue weighted by Gasteiger charge is -2.36. The summed E-state index contributed by atoms with van der Waals surface area (Å²) in [6.07, 6.45) is 2.25. The Morgan fingerprint density at radius 2 is 1.60 bits per heavy atom. The van der Waals surface area contributed by atoms with Crippen LogP contribution in [0.15, 0.2) is 46.0 Å². The molecule has 1 fully saturated rings. The SMILES string of the molecule is Cn1c(N2CCN(CCCc3ccccc3)CC2)cc(=O)n(C)c1=O. The quantitative estimate of drug-likeness (QED) is 0.808. The van der Waals surface area contributed by atoms with Gasteiger partial charge in [0.05, 0.1) is 0 Å². The highest BCUT2D eigenvalue weighted by Gasteiger charge is 2.19. The lowest BCUT2D eigenvalue weighted by molar-refractivity contribution is 0.253. The van der Waals surface area contributed by atoms with Crippen LogP contribution in [0.5, 0.6) is 0 Å². The van der Waals surface area contributed by atoms with E-state index in [2.05, 4.69) is 34.1 Å². The van der Waals surface area contributed by atoms with Crippen molar-refractivity contribution < 1.29 is 0 Å². The van der Waals surface area contributed by atoms with Crippen LogP contribution in [-0.4, -0.2) is 46.8 Å². The molecule has 0 aliphatic carbocycles. The van der Waals surface area contributed by atoms with Crippen LogP contribution in [0.25, 0.3) is 0 Å². The van der Waals surface area contributed by atoms with Gasteiger partial charge in [0, 0.05) is 46.3 Å². The first-order valence-electron chi connectivity index (χ1n) is 8.84. The van der Waals surface area contributed by atoms with Crippen molar-refractivity contribution in [3.05, 3.63) is 62.8 Å². The molecule has 1 aliphatic rings. The van der Waals surface area contributed by atoms with Gasteiger partial charge in [0.15, 0.2) is 0 Å². The summed E-state index contributed by atoms with van der Waals surface area (Å²) in [5.74, 6) is 0.719. The van der Waals surface area contributed by atoms with E-state index >= 15 is 0 Å². The third-order valence-electron chi connectivity index (χ3n) is 4.98. The van der Waals surface area contributed by atoms with Gasteiger partial charge in [-0.2, -0.15) is 0 Å². The fourth-order valence-corrected chi connectivity index (χ4v) is 3.38. The van der Waals surface area contributed by atoms with Gasteiger partial charge in [0.25, 0.3) is 5.56 Å². The highest BCUT2D eigenvalue weighted by Crippen LogP contribution is 2.13. The van der Waals surface area contributed by atoms with Crippen LogP contribution in [0, 0.1) is 0 Å². The van der Waals surface area contributed by atoms with Crippen molar-refractivity contribution >= 4 is 5.82 Å². The summed E-state index contributed by atoms with van der Waals surface area (Å²) in [5.41, 5.74) is 0.868. The minimum absolute atomic E-state index is 0.247. The number of aryl methyl sites for hydroxylation is 1. The first-order valence-corrected chi connectivity index (χ1v) is 8.84. The van der Waals surface area contributed by atoms with E-state index in [0.717, 1.165) is 56.0 Å². The van der Waals surface area contributed by atoms with Crippen molar-refractivity contribution in [2.45, 2.75) is 12.8 Å². The smallest absolute Gasteiger partial charge is 0.332 e. The Hall–Kier alpha value is -2.34. The van der Waals surface area contributed by atoms with Gasteiger partial charge < -0.3 is 4.90 Å². The molecule has 1 aliphatic heterocycles. The fraction of sp³-hybridized carbons (Fsp3) is 0.474. The van der Waals surface area contributed by atoms with E-state index in [0.29, 0.717) is 0 Å². The maximum Gasteiger partial charge on any atom is 0.332 e. The van der Waals surface area contributed by atoms with E-state index in [1.54, 1.807) is 17.7 Å². The summed E-state index contributed by atoms with van der Waals surface area (Å²) in [6, 6.07) is 12.1. The molecule has 134 valence electrons. The maximum atomic E-state index is 12.1. The van der Waals surface area contributed by atoms with Gasteiger partial charge in [0.1, 0.15) is 5.82 Å². The molecule has 2 aromatic rings. The molecule has 0 bridgehead atoms. The number of rotatable bonds is 5. The van der Waals surface area contributed by atoms with Gasteiger partial charge in [-0.1, -0.05) is 30.3 Å². The molecule has 0 spiro atoms. The van der Waals surface area contributed by atoms with Crippen LogP contribution < -0.4 is 16.1 Å². The van der Waals surface area contributed by atoms with Crippen LogP contribution in [0.3, 0.4) is 0 Å². The Bertz CT molecular complexity index is 818. The highest BCUT2D eigenvalue weighted by atomic mass is 16.2. The summed E-state index contributed by atoms with van der Waals surface area (Å²) >= 11 is 0. The zero-order valence-electron chi connectivity index (χ0n) is 15.0. The molecule has 0 unspecified atom stereocenters. The summed E-state index contributed by atoms with van der Waals surface area (Å²) in [5, 5.41) is 0. The molecular formula is C19H26N4O2. The van der Waals surface area contributed by atoms with Crippen molar-refractivity contribution in [2.24, 2.45) is 14.1 Å². The van der Waals surface area contributed by atoms with Gasteiger partial charge in [-0.15, -0.1) is 0 Å². The number of anilines is 1. The molecule has 0 amide bonds. The predicted molar refractivity (Wildman–Crippen MR) is 100 cm³/mol. The van der Waals surface area contributed by atoms with E-state index in [1.165, 1.54) is 12.6 Å². The van der Waals surface area contributed by atoms with Crippen LogP contribution >= 0.6 is 0 Å². The van der Waals surface area contributed by atoms with Crippen LogP contribution in [0.2, 0.25) is 0 Å². The number of piperazine rings is 1. The Morgan fingerprint density at radius 1 is 0.920 bits per heavy atom. The van der Waals surface area contributed by atoms with E-state index in [9.17, 15) is 9.59 Å². The second-order valence-electron chi connectivity index (χ2n) is 6.66. The molecule has 2 heterocycles. The molecule has 0 N–H and O–H groups in total. The summed E-state index contributed by atoms with van der Waals surface area (Å²) in [6.45, 7) is 4.67. The highest BCUT2D eigenvalue weighted by molar-refractivity contribution is 5.38. The molecule has 0 radical (unpaired) electrons. The normalized spacial score (nSPS) is 15.5. The van der Waals surface area contributed by atoms with Crippen molar-refractivity contribution in [3.63, 3.8) is 0 Å². The predicted octanol–water partition coefficient (Wildman–Crippen LogP) is 0.839. The van der Waals surface area contributed by atoms with Gasteiger partial charge in [0.2, 0.25) is 0 Å². The zero-order chi connectivity index (χ0) is 17.8. The minimum Gasteiger partial charge on any atom is -0.355 e. The van der Waals surface area contributed by atoms with Gasteiger partial charge in [-0.25, -0.2) is 4.79 Å². The summed E-state index contributed by atoms with van der Waals surface area (Å²) in [7, 11) is 3.24. The number of aromatic nitrogens is 2. The Labute approximate surface area is 147 Å². The Balaban J connectivity index is 1.54. The first-order chi connectivity index (χ1) is 12.1. The Morgan fingerprint density at radius 3 is 2.28 bits per heavy atom. The molecule has 1 saturated heterocycles. The number of nitrogens with zero attached hydrogens (tertiary/aromatic N) is 4. The third kappa shape index (κ3) is 4.02. The molecular weight excluding hydrogens is 316 g/mol. The average molecular weight is 342 g/mol. The monoisotopic (exact) mass is 342 g/mol. The van der Waals surface area contributed by atoms with E-state index < -0.39 is 0 Å². The summed E-state index contributed by atoms with van der Waals surface area (Å²) in [4.78, 5) is 28.6.